The molecule has 1 aromatic carbocycles. The number of hydrogen-bond acceptors (Lipinski definition) is 1. The third-order valence-corrected chi connectivity index (χ3v) is 6.36. The fraction of sp³-hybridized carbons (Fsp3) is 0.643. The van der Waals surface area contributed by atoms with Gasteiger partial charge in [-0.05, 0) is 12.5 Å². The van der Waals surface area contributed by atoms with Crippen LogP contribution in [0.3, 0.4) is 0 Å². The molecule has 0 saturated heterocycles. The fourth-order valence-corrected chi connectivity index (χ4v) is 4.37. The first-order valence-corrected chi connectivity index (χ1v) is 12.9. The van der Waals surface area contributed by atoms with Crippen LogP contribution in [0.2, 0.25) is 0 Å². The summed E-state index contributed by atoms with van der Waals surface area (Å²) in [5.74, 6) is -0.214. The van der Waals surface area contributed by atoms with Crippen LogP contribution in [0.4, 0.5) is 4.39 Å². The van der Waals surface area contributed by atoms with Gasteiger partial charge in [-0.15, -0.1) is 0 Å². The second kappa shape index (κ2) is 15.9. The monoisotopic (exact) mass is 428 g/mol. The lowest BCUT2D eigenvalue weighted by Gasteiger charge is -2.09. The van der Waals surface area contributed by atoms with Crippen molar-refractivity contribution in [1.29, 1.82) is 0 Å². The highest BCUT2D eigenvalue weighted by Gasteiger charge is 2.09. The predicted octanol–water partition coefficient (Wildman–Crippen LogP) is 9.13. The Morgan fingerprint density at radius 3 is 1.87 bits per heavy atom. The molecular weight excluding hydrogens is 383 g/mol. The van der Waals surface area contributed by atoms with Crippen LogP contribution in [0.15, 0.2) is 31.0 Å². The van der Waals surface area contributed by atoms with Crippen molar-refractivity contribution in [2.24, 2.45) is 0 Å². The zero-order chi connectivity index (χ0) is 22.2. The van der Waals surface area contributed by atoms with E-state index in [1.54, 1.807) is 6.07 Å². The van der Waals surface area contributed by atoms with E-state index in [-0.39, 0.29) is 5.82 Å². The number of H-pyrrole nitrogens is 1. The maximum atomic E-state index is 13.8. The van der Waals surface area contributed by atoms with Gasteiger partial charge >= 0.3 is 0 Å². The minimum Gasteiger partial charge on any atom is -0.385 e. The summed E-state index contributed by atoms with van der Waals surface area (Å²) < 4.78 is 13.8. The highest BCUT2D eigenvalue weighted by molar-refractivity contribution is 5.91. The van der Waals surface area contributed by atoms with E-state index in [9.17, 15) is 4.39 Å². The second-order valence-electron chi connectivity index (χ2n) is 9.07. The Morgan fingerprint density at radius 1 is 0.806 bits per heavy atom. The lowest BCUT2D eigenvalue weighted by molar-refractivity contribution is 0.529. The topological polar surface area (TPSA) is 27.8 Å². The van der Waals surface area contributed by atoms with E-state index in [1.165, 1.54) is 102 Å². The largest absolute Gasteiger partial charge is 0.385 e. The molecule has 0 unspecified atom stereocenters. The van der Waals surface area contributed by atoms with Crippen LogP contribution in [0.25, 0.3) is 16.6 Å². The normalized spacial score (nSPS) is 11.3. The minimum absolute atomic E-state index is 0.214. The Labute approximate surface area is 190 Å². The van der Waals surface area contributed by atoms with E-state index in [0.717, 1.165) is 29.6 Å². The Morgan fingerprint density at radius 2 is 1.32 bits per heavy atom. The minimum atomic E-state index is -0.214. The van der Waals surface area contributed by atoms with Gasteiger partial charge in [-0.3, -0.25) is 0 Å². The van der Waals surface area contributed by atoms with E-state index in [2.05, 4.69) is 23.8 Å². The fourth-order valence-electron chi connectivity index (χ4n) is 4.37. The van der Waals surface area contributed by atoms with Crippen molar-refractivity contribution in [3.8, 4) is 0 Å². The molecule has 3 heteroatoms. The average molecular weight is 429 g/mol. The second-order valence-corrected chi connectivity index (χ2v) is 9.07. The van der Waals surface area contributed by atoms with Gasteiger partial charge < -0.3 is 10.3 Å². The first-order chi connectivity index (χ1) is 15.2. The summed E-state index contributed by atoms with van der Waals surface area (Å²) in [6.45, 7) is 7.35. The predicted molar refractivity (Wildman–Crippen MR) is 135 cm³/mol. The smallest absolute Gasteiger partial charge is 0.147 e. The van der Waals surface area contributed by atoms with Crippen LogP contribution in [0.1, 0.15) is 115 Å². The molecule has 0 atom stereocenters. The van der Waals surface area contributed by atoms with Gasteiger partial charge in [0.2, 0.25) is 0 Å². The summed E-state index contributed by atoms with van der Waals surface area (Å²) in [6, 6.07) is 5.17. The molecule has 0 aliphatic heterocycles. The van der Waals surface area contributed by atoms with Crippen molar-refractivity contribution in [1.82, 2.24) is 10.3 Å². The van der Waals surface area contributed by atoms with E-state index in [0.29, 0.717) is 5.52 Å². The molecule has 0 aliphatic carbocycles. The van der Waals surface area contributed by atoms with Crippen molar-refractivity contribution in [3.63, 3.8) is 0 Å². The Kier molecular flexibility index (Phi) is 13.1. The number of nitrogens with one attached hydrogen (secondary N) is 2. The molecule has 1 heterocycles. The molecule has 0 radical (unpaired) electrons. The molecule has 174 valence electrons. The van der Waals surface area contributed by atoms with Gasteiger partial charge in [0.15, 0.2) is 0 Å². The van der Waals surface area contributed by atoms with Gasteiger partial charge in [0.1, 0.15) is 5.82 Å². The number of aromatic nitrogens is 1. The number of benzene rings is 1. The summed E-state index contributed by atoms with van der Waals surface area (Å²) in [4.78, 5) is 3.02. The van der Waals surface area contributed by atoms with Crippen molar-refractivity contribution < 1.29 is 4.39 Å². The van der Waals surface area contributed by atoms with Crippen LogP contribution in [0.5, 0.6) is 0 Å². The molecule has 0 spiro atoms. The van der Waals surface area contributed by atoms with Gasteiger partial charge in [0.25, 0.3) is 0 Å². The number of unbranched alkanes of at least 4 members (excludes halogenated alkanes) is 15. The molecule has 2 nitrogen and oxygen atoms in total. The summed E-state index contributed by atoms with van der Waals surface area (Å²) in [5, 5.41) is 4.30. The molecule has 0 aliphatic rings. The molecule has 0 saturated carbocycles. The summed E-state index contributed by atoms with van der Waals surface area (Å²) >= 11 is 0. The summed E-state index contributed by atoms with van der Waals surface area (Å²) in [5.41, 5.74) is 2.40. The molecule has 2 N–H and O–H groups in total. The van der Waals surface area contributed by atoms with E-state index in [4.69, 9.17) is 0 Å². The van der Waals surface area contributed by atoms with Gasteiger partial charge in [-0.25, -0.2) is 4.39 Å². The molecule has 0 bridgehead atoms. The maximum absolute atomic E-state index is 13.8. The van der Waals surface area contributed by atoms with Gasteiger partial charge in [-0.2, -0.15) is 0 Å². The standard InChI is InChI=1S/C28H45FN2/c1-3-4-5-6-7-8-9-10-11-12-13-14-15-16-17-18-22-30-24(2)26-23-31-28-25(26)20-19-21-27(28)29/h19-21,23,30-31H,2-18,22H2,1H3. The maximum Gasteiger partial charge on any atom is 0.147 e. The number of fused-ring (bicyclic) bond motifs is 1. The molecule has 2 rings (SSSR count). The quantitative estimate of drug-likeness (QED) is 0.214. The third-order valence-electron chi connectivity index (χ3n) is 6.36. The summed E-state index contributed by atoms with van der Waals surface area (Å²) in [6.07, 6.45) is 24.0. The average Bonchev–Trinajstić information content (AvgIpc) is 3.21. The number of halogens is 1. The molecule has 0 fully saturated rings. The van der Waals surface area contributed by atoms with Crippen LogP contribution in [-0.2, 0) is 0 Å². The van der Waals surface area contributed by atoms with Crippen LogP contribution >= 0.6 is 0 Å². The first-order valence-electron chi connectivity index (χ1n) is 12.9. The third kappa shape index (κ3) is 9.93. The number of rotatable bonds is 19. The van der Waals surface area contributed by atoms with Crippen molar-refractivity contribution in [2.45, 2.75) is 110 Å². The number of para-hydroxylation sites is 1. The molecular formula is C28H45FN2. The molecule has 1 aromatic heterocycles. The molecule has 2 aromatic rings. The highest BCUT2D eigenvalue weighted by atomic mass is 19.1. The van der Waals surface area contributed by atoms with E-state index < -0.39 is 0 Å². The number of aromatic amines is 1. The van der Waals surface area contributed by atoms with Gasteiger partial charge in [0.05, 0.1) is 5.52 Å². The van der Waals surface area contributed by atoms with Crippen molar-refractivity contribution in [3.05, 3.63) is 42.4 Å². The van der Waals surface area contributed by atoms with E-state index >= 15 is 0 Å². The lowest BCUT2D eigenvalue weighted by atomic mass is 10.0. The molecule has 0 amide bonds. The zero-order valence-corrected chi connectivity index (χ0v) is 19.9. The van der Waals surface area contributed by atoms with Crippen LogP contribution < -0.4 is 5.32 Å². The summed E-state index contributed by atoms with van der Waals surface area (Å²) in [7, 11) is 0. The van der Waals surface area contributed by atoms with Crippen LogP contribution in [0, 0.1) is 5.82 Å². The Hall–Kier alpha value is -1.77. The first kappa shape index (κ1) is 25.5. The zero-order valence-electron chi connectivity index (χ0n) is 19.9. The van der Waals surface area contributed by atoms with Gasteiger partial charge in [-0.1, -0.05) is 122 Å². The molecule has 31 heavy (non-hydrogen) atoms. The van der Waals surface area contributed by atoms with Crippen molar-refractivity contribution in [2.75, 3.05) is 6.54 Å². The van der Waals surface area contributed by atoms with E-state index in [1.807, 2.05) is 12.3 Å². The lowest BCUT2D eigenvalue weighted by Crippen LogP contribution is -2.12. The van der Waals surface area contributed by atoms with Crippen molar-refractivity contribution >= 4 is 16.6 Å². The SMILES string of the molecule is C=C(NCCCCCCCCCCCCCCCCCC)c1c[nH]c2c(F)cccc12. The number of hydrogen-bond donors (Lipinski definition) is 2. The Bertz CT molecular complexity index is 734. The Balaban J connectivity index is 1.38. The van der Waals surface area contributed by atoms with Crippen LogP contribution in [-0.4, -0.2) is 11.5 Å². The highest BCUT2D eigenvalue weighted by Crippen LogP contribution is 2.24. The van der Waals surface area contributed by atoms with Gasteiger partial charge in [0, 0.05) is 29.4 Å².